The monoisotopic (exact) mass is 312 g/mol. The molecule has 0 unspecified atom stereocenters. The molecule has 5 heteroatoms. The predicted octanol–water partition coefficient (Wildman–Crippen LogP) is 2.83. The minimum atomic E-state index is -3.48. The molecule has 0 bridgehead atoms. The van der Waals surface area contributed by atoms with Crippen molar-refractivity contribution in [3.05, 3.63) is 29.3 Å². The first-order valence-electron chi connectivity index (χ1n) is 7.56. The van der Waals surface area contributed by atoms with Crippen molar-refractivity contribution < 1.29 is 8.42 Å². The van der Waals surface area contributed by atoms with Crippen LogP contribution in [0.3, 0.4) is 0 Å². The number of rotatable bonds is 8. The summed E-state index contributed by atoms with van der Waals surface area (Å²) in [5.41, 5.74) is 1.78. The molecule has 2 N–H and O–H groups in total. The van der Waals surface area contributed by atoms with E-state index in [9.17, 15) is 8.42 Å². The van der Waals surface area contributed by atoms with Gasteiger partial charge in [0.25, 0.3) is 0 Å². The van der Waals surface area contributed by atoms with Crippen LogP contribution < -0.4 is 10.0 Å². The van der Waals surface area contributed by atoms with Crippen molar-refractivity contribution in [2.45, 2.75) is 63.9 Å². The highest BCUT2D eigenvalue weighted by atomic mass is 32.2. The molecule has 0 amide bonds. The summed E-state index contributed by atoms with van der Waals surface area (Å²) in [5, 5.41) is 3.09. The van der Waals surface area contributed by atoms with Gasteiger partial charge in [0, 0.05) is 12.1 Å². The Morgan fingerprint density at radius 2 is 1.81 bits per heavy atom. The molecule has 0 aliphatic carbocycles. The maximum Gasteiger partial charge on any atom is 0.241 e. The average molecular weight is 312 g/mol. The number of sulfonamides is 1. The summed E-state index contributed by atoms with van der Waals surface area (Å²) in [4.78, 5) is 0.342. The van der Waals surface area contributed by atoms with Crippen molar-refractivity contribution in [2.24, 2.45) is 0 Å². The smallest absolute Gasteiger partial charge is 0.241 e. The molecule has 120 valence electrons. The van der Waals surface area contributed by atoms with Gasteiger partial charge in [0.05, 0.1) is 4.90 Å². The van der Waals surface area contributed by atoms with E-state index in [-0.39, 0.29) is 0 Å². The number of hydrogen-bond acceptors (Lipinski definition) is 3. The fourth-order valence-electron chi connectivity index (χ4n) is 2.57. The molecule has 0 saturated heterocycles. The van der Waals surface area contributed by atoms with E-state index in [1.165, 1.54) is 5.56 Å². The van der Waals surface area contributed by atoms with Crippen molar-refractivity contribution >= 4 is 10.0 Å². The summed E-state index contributed by atoms with van der Waals surface area (Å²) in [5.74, 6) is 0. The first kappa shape index (κ1) is 18.1. The third kappa shape index (κ3) is 5.09. The van der Waals surface area contributed by atoms with Crippen LogP contribution in [0.1, 0.15) is 51.7 Å². The second-order valence-electron chi connectivity index (χ2n) is 6.05. The molecule has 0 aliphatic rings. The van der Waals surface area contributed by atoms with Gasteiger partial charge in [-0.3, -0.25) is 0 Å². The topological polar surface area (TPSA) is 58.2 Å². The molecule has 1 rings (SSSR count). The van der Waals surface area contributed by atoms with Gasteiger partial charge in [-0.1, -0.05) is 26.3 Å². The molecule has 1 aromatic carbocycles. The molecule has 1 aromatic rings. The molecule has 0 spiro atoms. The Balaban J connectivity index is 3.11. The highest BCUT2D eigenvalue weighted by Crippen LogP contribution is 2.20. The number of aryl methyl sites for hydroxylation is 1. The molecule has 0 heterocycles. The van der Waals surface area contributed by atoms with Crippen LogP contribution in [0.2, 0.25) is 0 Å². The third-order valence-electron chi connectivity index (χ3n) is 3.52. The predicted molar refractivity (Wildman–Crippen MR) is 87.9 cm³/mol. The van der Waals surface area contributed by atoms with E-state index in [0.29, 0.717) is 11.4 Å². The van der Waals surface area contributed by atoms with E-state index < -0.39 is 15.6 Å². The Morgan fingerprint density at radius 3 is 2.33 bits per heavy atom. The maximum atomic E-state index is 12.5. The van der Waals surface area contributed by atoms with Gasteiger partial charge in [-0.25, -0.2) is 13.1 Å². The first-order valence-corrected chi connectivity index (χ1v) is 9.04. The standard InChI is InChI=1S/C16H28N2O2S/c1-6-10-16(3,4)18-21(19,20)15-9-8-13(7-2)14(11-15)12-17-5/h8-9,11,17-18H,6-7,10,12H2,1-5H3. The Bertz CT molecular complexity index is 566. The number of nitrogens with one attached hydrogen (secondary N) is 2. The van der Waals surface area contributed by atoms with Gasteiger partial charge in [0.1, 0.15) is 0 Å². The lowest BCUT2D eigenvalue weighted by Crippen LogP contribution is -2.43. The van der Waals surface area contributed by atoms with E-state index in [1.807, 2.05) is 27.0 Å². The second-order valence-corrected chi connectivity index (χ2v) is 7.74. The highest BCUT2D eigenvalue weighted by molar-refractivity contribution is 7.89. The van der Waals surface area contributed by atoms with Gasteiger partial charge < -0.3 is 5.32 Å². The van der Waals surface area contributed by atoms with Gasteiger partial charge in [-0.05, 0) is 57.0 Å². The molecule has 0 radical (unpaired) electrons. The minimum absolute atomic E-state index is 0.342. The van der Waals surface area contributed by atoms with Gasteiger partial charge in [-0.15, -0.1) is 0 Å². The molecule has 0 fully saturated rings. The van der Waals surface area contributed by atoms with Crippen LogP contribution in [0, 0.1) is 0 Å². The number of hydrogen-bond donors (Lipinski definition) is 2. The molecule has 0 atom stereocenters. The van der Waals surface area contributed by atoms with E-state index in [2.05, 4.69) is 23.9 Å². The summed E-state index contributed by atoms with van der Waals surface area (Å²) < 4.78 is 27.9. The summed E-state index contributed by atoms with van der Waals surface area (Å²) in [7, 11) is -1.62. The Hall–Kier alpha value is -0.910. The Morgan fingerprint density at radius 1 is 1.14 bits per heavy atom. The lowest BCUT2D eigenvalue weighted by atomic mass is 10.0. The molecule has 4 nitrogen and oxygen atoms in total. The lowest BCUT2D eigenvalue weighted by molar-refractivity contribution is 0.417. The van der Waals surface area contributed by atoms with Gasteiger partial charge >= 0.3 is 0 Å². The SMILES string of the molecule is CCCC(C)(C)NS(=O)(=O)c1ccc(CC)c(CNC)c1. The fourth-order valence-corrected chi connectivity index (χ4v) is 4.06. The molecule has 0 saturated carbocycles. The zero-order valence-electron chi connectivity index (χ0n) is 13.8. The van der Waals surface area contributed by atoms with Crippen LogP contribution in [0.25, 0.3) is 0 Å². The Labute approximate surface area is 129 Å². The van der Waals surface area contributed by atoms with Crippen molar-refractivity contribution in [3.8, 4) is 0 Å². The van der Waals surface area contributed by atoms with Crippen molar-refractivity contribution in [2.75, 3.05) is 7.05 Å². The van der Waals surface area contributed by atoms with Crippen molar-refractivity contribution in [3.63, 3.8) is 0 Å². The van der Waals surface area contributed by atoms with Crippen LogP contribution in [0.4, 0.5) is 0 Å². The van der Waals surface area contributed by atoms with Gasteiger partial charge in [0.15, 0.2) is 0 Å². The van der Waals surface area contributed by atoms with Crippen LogP contribution in [-0.4, -0.2) is 21.0 Å². The number of benzene rings is 1. The average Bonchev–Trinajstić information content (AvgIpc) is 2.37. The van der Waals surface area contributed by atoms with Crippen LogP contribution in [-0.2, 0) is 23.0 Å². The molecule has 21 heavy (non-hydrogen) atoms. The van der Waals surface area contributed by atoms with Crippen LogP contribution in [0.15, 0.2) is 23.1 Å². The largest absolute Gasteiger partial charge is 0.316 e. The molecular formula is C16H28N2O2S. The Kier molecular flexibility index (Phi) is 6.38. The highest BCUT2D eigenvalue weighted by Gasteiger charge is 2.25. The van der Waals surface area contributed by atoms with Crippen LogP contribution in [0.5, 0.6) is 0 Å². The third-order valence-corrected chi connectivity index (χ3v) is 5.22. The second kappa shape index (κ2) is 7.38. The lowest BCUT2D eigenvalue weighted by Gasteiger charge is -2.25. The quantitative estimate of drug-likeness (QED) is 0.776. The molecule has 0 aliphatic heterocycles. The zero-order chi connectivity index (χ0) is 16.1. The van der Waals surface area contributed by atoms with Gasteiger partial charge in [-0.2, -0.15) is 0 Å². The van der Waals surface area contributed by atoms with Gasteiger partial charge in [0.2, 0.25) is 10.0 Å². The normalized spacial score (nSPS) is 12.6. The van der Waals surface area contributed by atoms with Crippen molar-refractivity contribution in [1.29, 1.82) is 0 Å². The first-order chi connectivity index (χ1) is 9.75. The minimum Gasteiger partial charge on any atom is -0.316 e. The van der Waals surface area contributed by atoms with E-state index in [0.717, 1.165) is 24.8 Å². The zero-order valence-corrected chi connectivity index (χ0v) is 14.6. The molecular weight excluding hydrogens is 284 g/mol. The van der Waals surface area contributed by atoms with E-state index in [1.54, 1.807) is 12.1 Å². The van der Waals surface area contributed by atoms with Crippen molar-refractivity contribution in [1.82, 2.24) is 10.0 Å². The molecule has 0 aromatic heterocycles. The van der Waals surface area contributed by atoms with E-state index in [4.69, 9.17) is 0 Å². The summed E-state index contributed by atoms with van der Waals surface area (Å²) >= 11 is 0. The maximum absolute atomic E-state index is 12.5. The summed E-state index contributed by atoms with van der Waals surface area (Å²) in [6.45, 7) is 8.64. The van der Waals surface area contributed by atoms with Crippen LogP contribution >= 0.6 is 0 Å². The fraction of sp³-hybridized carbons (Fsp3) is 0.625. The van der Waals surface area contributed by atoms with E-state index >= 15 is 0 Å². The summed E-state index contributed by atoms with van der Waals surface area (Å²) in [6, 6.07) is 5.39. The summed E-state index contributed by atoms with van der Waals surface area (Å²) in [6.07, 6.45) is 2.64.